The molecule has 0 saturated heterocycles. The lowest BCUT2D eigenvalue weighted by Crippen LogP contribution is -2.27. The molecule has 0 amide bonds. The van der Waals surface area contributed by atoms with Crippen molar-refractivity contribution in [3.8, 4) is 22.3 Å². The Balaban J connectivity index is 1.13. The number of aryl methyl sites for hydroxylation is 8. The van der Waals surface area contributed by atoms with Crippen LogP contribution in [0.1, 0.15) is 66.8 Å². The van der Waals surface area contributed by atoms with Crippen molar-refractivity contribution < 1.29 is 0 Å². The van der Waals surface area contributed by atoms with Gasteiger partial charge in [-0.2, -0.15) is 0 Å². The number of anilines is 12. The first-order chi connectivity index (χ1) is 41.5. The third-order valence-electron chi connectivity index (χ3n) is 18.1. The fraction of sp³-hybridized carbons (Fsp3) is 0.111. The molecule has 0 N–H and O–H groups in total. The number of rotatable bonds is 12. The number of fused-ring (bicyclic) bond motifs is 10. The van der Waals surface area contributed by atoms with Crippen molar-refractivity contribution in [2.45, 2.75) is 60.8 Å². The minimum absolute atomic E-state index is 0.855. The van der Waals surface area contributed by atoms with E-state index >= 15 is 0 Å². The van der Waals surface area contributed by atoms with Gasteiger partial charge >= 0.3 is 0 Å². The van der Waals surface area contributed by atoms with Crippen LogP contribution in [-0.2, 0) is 5.41 Å². The molecule has 14 rings (SSSR count). The Morgan fingerprint density at radius 2 is 0.341 bits per heavy atom. The topological polar surface area (TPSA) is 13.0 Å². The predicted octanol–water partition coefficient (Wildman–Crippen LogP) is 22.4. The van der Waals surface area contributed by atoms with Crippen molar-refractivity contribution in [2.75, 3.05) is 19.6 Å². The molecule has 0 radical (unpaired) electrons. The van der Waals surface area contributed by atoms with E-state index in [1.54, 1.807) is 0 Å². The van der Waals surface area contributed by atoms with E-state index in [2.05, 4.69) is 342 Å². The van der Waals surface area contributed by atoms with E-state index in [-0.39, 0.29) is 0 Å². The molecular weight excluding hydrogens is 1030 g/mol. The predicted molar refractivity (Wildman–Crippen MR) is 359 cm³/mol. The molecule has 412 valence electrons. The van der Waals surface area contributed by atoms with Crippen LogP contribution in [0.5, 0.6) is 0 Å². The van der Waals surface area contributed by atoms with E-state index in [0.29, 0.717) is 0 Å². The molecule has 0 saturated carbocycles. The Kier molecular flexibility index (Phi) is 13.2. The Morgan fingerprint density at radius 3 is 0.494 bits per heavy atom. The molecular formula is C81H68N4. The average molecular weight is 1100 g/mol. The summed E-state index contributed by atoms with van der Waals surface area (Å²) in [6.45, 7) is 17.9. The first-order valence-corrected chi connectivity index (χ1v) is 29.8. The molecule has 0 aliphatic heterocycles. The van der Waals surface area contributed by atoms with Crippen molar-refractivity contribution >= 4 is 68.2 Å². The van der Waals surface area contributed by atoms with Crippen LogP contribution in [0, 0.1) is 55.4 Å². The Labute approximate surface area is 501 Å². The molecule has 1 spiro atoms. The quantitative estimate of drug-likeness (QED) is 0.121. The maximum atomic E-state index is 2.55. The van der Waals surface area contributed by atoms with E-state index in [1.807, 2.05) is 0 Å². The zero-order valence-corrected chi connectivity index (χ0v) is 49.7. The minimum atomic E-state index is -0.855. The standard InChI is InChI=1S/C81H68N4/c1-53-25-9-17-33-73(53)82(74-34-18-10-26-54(74)2)61-41-45-65-66-46-42-62(83(75-35-19-11-27-55(75)3)76-36-20-12-28-56(76)4)50-70(66)81(69(65)49-61)71-51-63(84(77-37-21-13-29-57(77)5)78-38-22-14-30-58(78)6)43-47-67(71)68-48-44-64(52-72(68)81)85(79-39-23-15-31-59(79)7)80-40-24-16-32-60(80)8/h9-52H,1-8H3. The van der Waals surface area contributed by atoms with Crippen LogP contribution < -0.4 is 19.6 Å². The summed E-state index contributed by atoms with van der Waals surface area (Å²) < 4.78 is 0. The van der Waals surface area contributed by atoms with Crippen molar-refractivity contribution in [1.29, 1.82) is 0 Å². The zero-order valence-electron chi connectivity index (χ0n) is 49.7. The molecule has 0 bridgehead atoms. The largest absolute Gasteiger partial charge is 0.310 e. The van der Waals surface area contributed by atoms with Gasteiger partial charge in [0.2, 0.25) is 0 Å². The lowest BCUT2D eigenvalue weighted by Gasteiger charge is -2.36. The lowest BCUT2D eigenvalue weighted by molar-refractivity contribution is 0.793. The Morgan fingerprint density at radius 1 is 0.188 bits per heavy atom. The van der Waals surface area contributed by atoms with Crippen LogP contribution in [-0.4, -0.2) is 0 Å². The van der Waals surface area contributed by atoms with Gasteiger partial charge in [0.15, 0.2) is 0 Å². The van der Waals surface area contributed by atoms with Gasteiger partial charge in [0.25, 0.3) is 0 Å². The minimum Gasteiger partial charge on any atom is -0.310 e. The van der Waals surface area contributed by atoms with Gasteiger partial charge in [0, 0.05) is 68.2 Å². The fourth-order valence-corrected chi connectivity index (χ4v) is 13.9. The summed E-state index contributed by atoms with van der Waals surface area (Å²) in [7, 11) is 0. The van der Waals surface area contributed by atoms with E-state index in [0.717, 1.165) is 68.2 Å². The molecule has 2 aliphatic carbocycles. The van der Waals surface area contributed by atoms with Crippen molar-refractivity contribution in [3.05, 3.63) is 334 Å². The molecule has 0 unspecified atom stereocenters. The summed E-state index contributed by atoms with van der Waals surface area (Å²) in [4.78, 5) is 9.96. The Hall–Kier alpha value is -10.2. The van der Waals surface area contributed by atoms with Gasteiger partial charge in [0.05, 0.1) is 5.41 Å². The summed E-state index contributed by atoms with van der Waals surface area (Å²) in [5, 5.41) is 0. The molecule has 0 atom stereocenters. The van der Waals surface area contributed by atoms with Crippen LogP contribution in [0.3, 0.4) is 0 Å². The molecule has 0 fully saturated rings. The lowest BCUT2D eigenvalue weighted by atomic mass is 9.70. The van der Waals surface area contributed by atoms with E-state index in [9.17, 15) is 0 Å². The monoisotopic (exact) mass is 1100 g/mol. The summed E-state index contributed by atoms with van der Waals surface area (Å²) in [5.41, 5.74) is 32.2. The van der Waals surface area contributed by atoms with Crippen LogP contribution in [0.25, 0.3) is 22.3 Å². The molecule has 4 nitrogen and oxygen atoms in total. The summed E-state index contributed by atoms with van der Waals surface area (Å²) in [6.07, 6.45) is 0. The number of hydrogen-bond acceptors (Lipinski definition) is 4. The van der Waals surface area contributed by atoms with Gasteiger partial charge < -0.3 is 19.6 Å². The van der Waals surface area contributed by atoms with Crippen molar-refractivity contribution in [1.82, 2.24) is 0 Å². The van der Waals surface area contributed by atoms with E-state index < -0.39 is 5.41 Å². The van der Waals surface area contributed by atoms with E-state index in [4.69, 9.17) is 0 Å². The van der Waals surface area contributed by atoms with Crippen molar-refractivity contribution in [2.24, 2.45) is 0 Å². The van der Waals surface area contributed by atoms with E-state index in [1.165, 1.54) is 89.0 Å². The Bertz CT molecular complexity index is 3820. The second-order valence-electron chi connectivity index (χ2n) is 23.3. The van der Waals surface area contributed by atoms with Gasteiger partial charge in [-0.05, 0) is 241 Å². The first-order valence-electron chi connectivity index (χ1n) is 29.8. The SMILES string of the molecule is Cc1ccccc1N(c1ccc2c(c1)C1(c3cc(N(c4ccccc4C)c4ccccc4C)ccc3-2)c2cc(N(c3ccccc3C)c3ccccc3C)ccc2-c2ccc(N(c3ccccc3C)c3ccccc3C)cc21)c1ccccc1C. The molecule has 0 aromatic heterocycles. The molecule has 0 heterocycles. The summed E-state index contributed by atoms with van der Waals surface area (Å²) >= 11 is 0. The molecule has 12 aromatic carbocycles. The molecule has 4 heteroatoms. The third kappa shape index (κ3) is 8.65. The summed E-state index contributed by atoms with van der Waals surface area (Å²) in [6, 6.07) is 99.9. The smallest absolute Gasteiger partial charge is 0.0728 e. The summed E-state index contributed by atoms with van der Waals surface area (Å²) in [5.74, 6) is 0. The number of hydrogen-bond donors (Lipinski definition) is 0. The number of benzene rings is 12. The van der Waals surface area contributed by atoms with Gasteiger partial charge in [-0.3, -0.25) is 0 Å². The zero-order chi connectivity index (χ0) is 58.1. The van der Waals surface area contributed by atoms with Gasteiger partial charge in [-0.15, -0.1) is 0 Å². The third-order valence-corrected chi connectivity index (χ3v) is 18.1. The van der Waals surface area contributed by atoms with Crippen LogP contribution in [0.15, 0.2) is 267 Å². The molecule has 2 aliphatic rings. The number of nitrogens with zero attached hydrogens (tertiary/aromatic N) is 4. The highest BCUT2D eigenvalue weighted by atomic mass is 15.2. The highest BCUT2D eigenvalue weighted by Crippen LogP contribution is 2.66. The average Bonchev–Trinajstić information content (AvgIpc) is 1.55. The maximum absolute atomic E-state index is 2.55. The van der Waals surface area contributed by atoms with Crippen LogP contribution in [0.2, 0.25) is 0 Å². The van der Waals surface area contributed by atoms with Crippen LogP contribution >= 0.6 is 0 Å². The van der Waals surface area contributed by atoms with Crippen molar-refractivity contribution in [3.63, 3.8) is 0 Å². The molecule has 12 aromatic rings. The fourth-order valence-electron chi connectivity index (χ4n) is 13.9. The first kappa shape index (κ1) is 52.9. The van der Waals surface area contributed by atoms with Gasteiger partial charge in [-0.25, -0.2) is 0 Å². The normalized spacial score (nSPS) is 12.3. The second kappa shape index (κ2) is 21.2. The highest BCUT2D eigenvalue weighted by molar-refractivity contribution is 6.00. The van der Waals surface area contributed by atoms with Gasteiger partial charge in [0.1, 0.15) is 0 Å². The van der Waals surface area contributed by atoms with Gasteiger partial charge in [-0.1, -0.05) is 170 Å². The van der Waals surface area contributed by atoms with Crippen LogP contribution in [0.4, 0.5) is 68.2 Å². The highest BCUT2D eigenvalue weighted by Gasteiger charge is 2.53. The second-order valence-corrected chi connectivity index (χ2v) is 23.3. The number of para-hydroxylation sites is 8. The maximum Gasteiger partial charge on any atom is 0.0728 e. The molecule has 85 heavy (non-hydrogen) atoms.